The molecule has 0 bridgehead atoms. The van der Waals surface area contributed by atoms with Gasteiger partial charge in [0.25, 0.3) is 5.91 Å². The minimum absolute atomic E-state index is 0.0769. The van der Waals surface area contributed by atoms with Crippen molar-refractivity contribution in [1.82, 2.24) is 20.2 Å². The maximum Gasteiger partial charge on any atom is 0.254 e. The zero-order valence-corrected chi connectivity index (χ0v) is 17.6. The Balaban J connectivity index is 1.47. The molecule has 1 aromatic carbocycles. The monoisotopic (exact) mass is 406 g/mol. The molecule has 2 aromatic rings. The first-order valence-corrected chi connectivity index (χ1v) is 11.1. The van der Waals surface area contributed by atoms with E-state index in [-0.39, 0.29) is 23.8 Å². The van der Waals surface area contributed by atoms with Gasteiger partial charge in [0.05, 0.1) is 17.3 Å². The molecule has 2 aliphatic rings. The van der Waals surface area contributed by atoms with Crippen LogP contribution in [0.25, 0.3) is 0 Å². The van der Waals surface area contributed by atoms with E-state index in [9.17, 15) is 9.59 Å². The van der Waals surface area contributed by atoms with Crippen molar-refractivity contribution in [3.63, 3.8) is 0 Å². The van der Waals surface area contributed by atoms with Crippen LogP contribution in [0.15, 0.2) is 36.5 Å². The Morgan fingerprint density at radius 2 is 1.80 bits per heavy atom. The molecule has 0 radical (unpaired) electrons. The molecule has 30 heavy (non-hydrogen) atoms. The number of carbonyl (C=O) groups is 2. The van der Waals surface area contributed by atoms with E-state index in [1.54, 1.807) is 6.20 Å². The predicted octanol–water partition coefficient (Wildman–Crippen LogP) is 3.96. The largest absolute Gasteiger partial charge is 0.348 e. The summed E-state index contributed by atoms with van der Waals surface area (Å²) in [5.74, 6) is 0.918. The smallest absolute Gasteiger partial charge is 0.254 e. The Morgan fingerprint density at radius 1 is 1.07 bits per heavy atom. The summed E-state index contributed by atoms with van der Waals surface area (Å²) in [4.78, 5) is 36.9. The summed E-state index contributed by atoms with van der Waals surface area (Å²) in [6.07, 6.45) is 8.91. The van der Waals surface area contributed by atoms with Gasteiger partial charge in [0, 0.05) is 25.2 Å². The van der Waals surface area contributed by atoms with Crippen molar-refractivity contribution in [2.75, 3.05) is 6.54 Å². The molecule has 1 aromatic heterocycles. The van der Waals surface area contributed by atoms with Gasteiger partial charge in [0.15, 0.2) is 5.82 Å². The maximum atomic E-state index is 13.1. The number of likely N-dealkylation sites (tertiary alicyclic amines) is 1. The van der Waals surface area contributed by atoms with E-state index in [0.717, 1.165) is 57.1 Å². The quantitative estimate of drug-likeness (QED) is 0.816. The van der Waals surface area contributed by atoms with Gasteiger partial charge >= 0.3 is 0 Å². The molecule has 1 N–H and O–H groups in total. The summed E-state index contributed by atoms with van der Waals surface area (Å²) in [6, 6.07) is 9.74. The van der Waals surface area contributed by atoms with Crippen molar-refractivity contribution in [3.8, 4) is 0 Å². The Labute approximate surface area is 178 Å². The molecule has 0 spiro atoms. The molecular formula is C24H30N4O2. The second-order valence-corrected chi connectivity index (χ2v) is 8.42. The summed E-state index contributed by atoms with van der Waals surface area (Å²) in [5, 5.41) is 2.94. The summed E-state index contributed by atoms with van der Waals surface area (Å²) >= 11 is 0. The van der Waals surface area contributed by atoms with Gasteiger partial charge in [-0.2, -0.15) is 0 Å². The van der Waals surface area contributed by atoms with Gasteiger partial charge in [-0.25, -0.2) is 9.97 Å². The molecule has 158 valence electrons. The zero-order valence-electron chi connectivity index (χ0n) is 17.6. The van der Waals surface area contributed by atoms with Crippen molar-refractivity contribution in [3.05, 3.63) is 59.2 Å². The van der Waals surface area contributed by atoms with Crippen LogP contribution in [-0.2, 0) is 11.3 Å². The second kappa shape index (κ2) is 9.37. The van der Waals surface area contributed by atoms with Crippen molar-refractivity contribution in [2.45, 2.75) is 64.5 Å². The molecule has 2 heterocycles. The zero-order chi connectivity index (χ0) is 20.9. The fourth-order valence-electron chi connectivity index (χ4n) is 4.61. The van der Waals surface area contributed by atoms with E-state index in [2.05, 4.69) is 15.3 Å². The topological polar surface area (TPSA) is 75.2 Å². The van der Waals surface area contributed by atoms with Crippen LogP contribution in [0.4, 0.5) is 0 Å². The van der Waals surface area contributed by atoms with Gasteiger partial charge in [-0.15, -0.1) is 0 Å². The molecule has 2 amide bonds. The average molecular weight is 407 g/mol. The Morgan fingerprint density at radius 3 is 2.53 bits per heavy atom. The maximum absolute atomic E-state index is 13.1. The SMILES string of the molecule is Cc1nc([C@H]2CCCCN2C(=O)C2CCCC2)ncc1C(=O)NCc1ccccc1. The van der Waals surface area contributed by atoms with Crippen LogP contribution in [0.3, 0.4) is 0 Å². The van der Waals surface area contributed by atoms with Crippen LogP contribution in [0, 0.1) is 12.8 Å². The summed E-state index contributed by atoms with van der Waals surface area (Å²) in [5.41, 5.74) is 2.19. The van der Waals surface area contributed by atoms with Crippen molar-refractivity contribution >= 4 is 11.8 Å². The lowest BCUT2D eigenvalue weighted by Gasteiger charge is -2.36. The van der Waals surface area contributed by atoms with Crippen molar-refractivity contribution < 1.29 is 9.59 Å². The van der Waals surface area contributed by atoms with Gasteiger partial charge in [-0.1, -0.05) is 43.2 Å². The van der Waals surface area contributed by atoms with E-state index < -0.39 is 0 Å². The standard InChI is InChI=1S/C24H30N4O2/c1-17-20(23(29)26-15-18-9-3-2-4-10-18)16-25-22(27-17)21-13-7-8-14-28(21)24(30)19-11-5-6-12-19/h2-4,9-10,16,19,21H,5-8,11-15H2,1H3,(H,26,29)/t21-/m1/s1. The number of amides is 2. The number of nitrogens with one attached hydrogen (secondary N) is 1. The van der Waals surface area contributed by atoms with Gasteiger partial charge in [0.2, 0.25) is 5.91 Å². The first kappa shape index (κ1) is 20.5. The van der Waals surface area contributed by atoms with E-state index in [0.29, 0.717) is 23.6 Å². The summed E-state index contributed by atoms with van der Waals surface area (Å²) in [7, 11) is 0. The molecule has 0 unspecified atom stereocenters. The minimum Gasteiger partial charge on any atom is -0.348 e. The number of aryl methyl sites for hydroxylation is 1. The van der Waals surface area contributed by atoms with Crippen LogP contribution < -0.4 is 5.32 Å². The number of benzene rings is 1. The molecule has 1 aliphatic carbocycles. The number of nitrogens with zero attached hydrogens (tertiary/aromatic N) is 3. The molecule has 1 aliphatic heterocycles. The van der Waals surface area contributed by atoms with Crippen LogP contribution in [0.1, 0.15) is 78.4 Å². The van der Waals surface area contributed by atoms with Gasteiger partial charge in [-0.3, -0.25) is 9.59 Å². The first-order chi connectivity index (χ1) is 14.6. The fourth-order valence-corrected chi connectivity index (χ4v) is 4.61. The van der Waals surface area contributed by atoms with Crippen LogP contribution >= 0.6 is 0 Å². The van der Waals surface area contributed by atoms with Crippen molar-refractivity contribution in [1.29, 1.82) is 0 Å². The Kier molecular flexibility index (Phi) is 6.41. The normalized spacial score (nSPS) is 19.6. The molecular weight excluding hydrogens is 376 g/mol. The summed E-state index contributed by atoms with van der Waals surface area (Å²) < 4.78 is 0. The van der Waals surface area contributed by atoms with Crippen molar-refractivity contribution in [2.24, 2.45) is 5.92 Å². The average Bonchev–Trinajstić information content (AvgIpc) is 3.32. The van der Waals surface area contributed by atoms with Gasteiger partial charge in [-0.05, 0) is 44.6 Å². The number of hydrogen-bond acceptors (Lipinski definition) is 4. The fraction of sp³-hybridized carbons (Fsp3) is 0.500. The highest BCUT2D eigenvalue weighted by Crippen LogP contribution is 2.34. The van der Waals surface area contributed by atoms with Gasteiger partial charge < -0.3 is 10.2 Å². The molecule has 1 saturated heterocycles. The minimum atomic E-state index is -0.176. The highest BCUT2D eigenvalue weighted by atomic mass is 16.2. The lowest BCUT2D eigenvalue weighted by molar-refractivity contribution is -0.139. The predicted molar refractivity (Wildman–Crippen MR) is 115 cm³/mol. The van der Waals surface area contributed by atoms with E-state index in [1.165, 1.54) is 0 Å². The molecule has 4 rings (SSSR count). The number of piperidine rings is 1. The Bertz CT molecular complexity index is 893. The first-order valence-electron chi connectivity index (χ1n) is 11.1. The molecule has 6 nitrogen and oxygen atoms in total. The lowest BCUT2D eigenvalue weighted by atomic mass is 9.97. The van der Waals surface area contributed by atoms with Crippen LogP contribution in [0.5, 0.6) is 0 Å². The molecule has 1 atom stereocenters. The third kappa shape index (κ3) is 4.53. The lowest BCUT2D eigenvalue weighted by Crippen LogP contribution is -2.42. The Hall–Kier alpha value is -2.76. The number of carbonyl (C=O) groups excluding carboxylic acids is 2. The highest BCUT2D eigenvalue weighted by Gasteiger charge is 2.35. The third-order valence-corrected chi connectivity index (χ3v) is 6.33. The molecule has 6 heteroatoms. The second-order valence-electron chi connectivity index (χ2n) is 8.42. The number of aromatic nitrogens is 2. The number of rotatable bonds is 5. The van der Waals surface area contributed by atoms with Crippen LogP contribution in [-0.4, -0.2) is 33.2 Å². The highest BCUT2D eigenvalue weighted by molar-refractivity contribution is 5.94. The molecule has 1 saturated carbocycles. The van der Waals surface area contributed by atoms with E-state index in [1.807, 2.05) is 42.2 Å². The van der Waals surface area contributed by atoms with Crippen LogP contribution in [0.2, 0.25) is 0 Å². The number of hydrogen-bond donors (Lipinski definition) is 1. The summed E-state index contributed by atoms with van der Waals surface area (Å²) in [6.45, 7) is 3.09. The third-order valence-electron chi connectivity index (χ3n) is 6.33. The van der Waals surface area contributed by atoms with E-state index >= 15 is 0 Å². The van der Waals surface area contributed by atoms with E-state index in [4.69, 9.17) is 0 Å². The molecule has 2 fully saturated rings. The van der Waals surface area contributed by atoms with Gasteiger partial charge in [0.1, 0.15) is 0 Å².